The summed E-state index contributed by atoms with van der Waals surface area (Å²) >= 11 is 1.08. The smallest absolute Gasteiger partial charge is 0.319 e. The number of rotatable bonds is 17. The number of anilines is 1. The van der Waals surface area contributed by atoms with Crippen LogP contribution in [0.25, 0.3) is 5.52 Å². The molecule has 1 aliphatic heterocycles. The normalized spacial score (nSPS) is 21.4. The van der Waals surface area contributed by atoms with Crippen LogP contribution < -0.4 is 14.8 Å². The van der Waals surface area contributed by atoms with Gasteiger partial charge in [-0.25, -0.2) is 13.9 Å². The molecule has 16 heteroatoms. The van der Waals surface area contributed by atoms with Crippen LogP contribution in [-0.4, -0.2) is 75.9 Å². The number of thioether (sulfide) groups is 1. The highest BCUT2D eigenvalue weighted by molar-refractivity contribution is 8.13. The van der Waals surface area contributed by atoms with Crippen LogP contribution in [-0.2, 0) is 34.3 Å². The van der Waals surface area contributed by atoms with Crippen LogP contribution in [0.15, 0.2) is 97.3 Å². The predicted octanol–water partition coefficient (Wildman–Crippen LogP) is 7.48. The van der Waals surface area contributed by atoms with Gasteiger partial charge in [-0.3, -0.25) is 9.36 Å². The average molecular weight is 832 g/mol. The van der Waals surface area contributed by atoms with Crippen molar-refractivity contribution >= 4 is 36.5 Å². The fourth-order valence-corrected chi connectivity index (χ4v) is 8.63. The van der Waals surface area contributed by atoms with Crippen molar-refractivity contribution in [3.63, 3.8) is 0 Å². The Balaban J connectivity index is 1.32. The number of halogens is 1. The molecule has 6 rings (SSSR count). The number of carbonyl (C=O) groups is 1. The SMILES string of the molecule is CCC(C)(C)C(=O)SCCO[PH](=O)OC[C@H]1O[C@@](C#N)(c2ccc3c(NC(c4ccccc4)(c4ccc(OC)cc4)c4ccc(OC)cc4)ncnn23)[C@](C)(F)[C@@H]1O. The third kappa shape index (κ3) is 7.97. The number of aliphatic hydroxyl groups excluding tert-OH is 1. The molecule has 306 valence electrons. The first-order chi connectivity index (χ1) is 27.8. The number of aliphatic hydroxyl groups is 1. The number of hydrogen-bond acceptors (Lipinski definition) is 13. The maximum absolute atomic E-state index is 16.9. The number of benzene rings is 3. The van der Waals surface area contributed by atoms with Crippen molar-refractivity contribution in [3.8, 4) is 17.6 Å². The number of nitriles is 1. The van der Waals surface area contributed by atoms with Gasteiger partial charge >= 0.3 is 8.25 Å². The van der Waals surface area contributed by atoms with Gasteiger partial charge in [0.2, 0.25) is 5.60 Å². The molecule has 1 unspecified atom stereocenters. The molecule has 2 N–H and O–H groups in total. The minimum atomic E-state index is -3.12. The molecular weight excluding hydrogens is 785 g/mol. The number of hydrogen-bond donors (Lipinski definition) is 2. The van der Waals surface area contributed by atoms with E-state index >= 15 is 4.39 Å². The largest absolute Gasteiger partial charge is 0.497 e. The molecule has 0 amide bonds. The highest BCUT2D eigenvalue weighted by Crippen LogP contribution is 2.50. The number of alkyl halides is 1. The molecule has 3 aromatic carbocycles. The summed E-state index contributed by atoms with van der Waals surface area (Å²) in [6, 6.07) is 30.2. The van der Waals surface area contributed by atoms with Gasteiger partial charge in [-0.2, -0.15) is 10.4 Å². The lowest BCUT2D eigenvalue weighted by Crippen LogP contribution is -2.48. The Morgan fingerprint density at radius 1 is 1.00 bits per heavy atom. The molecule has 1 aliphatic rings. The van der Waals surface area contributed by atoms with Gasteiger partial charge < -0.3 is 33.7 Å². The highest BCUT2D eigenvalue weighted by Gasteiger charge is 2.67. The molecular formula is C42H47FN5O8PS. The summed E-state index contributed by atoms with van der Waals surface area (Å²) < 4.78 is 58.6. The number of methoxy groups -OCH3 is 2. The molecule has 0 bridgehead atoms. The summed E-state index contributed by atoms with van der Waals surface area (Å²) in [6.45, 7) is 6.14. The van der Waals surface area contributed by atoms with Gasteiger partial charge in [0, 0.05) is 11.2 Å². The van der Waals surface area contributed by atoms with E-state index in [0.717, 1.165) is 35.4 Å². The summed E-state index contributed by atoms with van der Waals surface area (Å²) in [6.07, 6.45) is -1.32. The molecule has 1 fully saturated rings. The van der Waals surface area contributed by atoms with Crippen molar-refractivity contribution in [2.24, 2.45) is 5.41 Å². The fraction of sp³-hybridized carbons (Fsp3) is 0.381. The van der Waals surface area contributed by atoms with Gasteiger partial charge in [-0.05, 0) is 66.4 Å². The molecule has 13 nitrogen and oxygen atoms in total. The Morgan fingerprint density at radius 3 is 2.17 bits per heavy atom. The summed E-state index contributed by atoms with van der Waals surface area (Å²) in [5, 5.41) is 30.0. The summed E-state index contributed by atoms with van der Waals surface area (Å²) in [7, 11) is 0.0702. The highest BCUT2D eigenvalue weighted by atomic mass is 32.2. The molecule has 0 saturated carbocycles. The Hall–Kier alpha value is -4.81. The first-order valence-electron chi connectivity index (χ1n) is 18.7. The minimum Gasteiger partial charge on any atom is -0.497 e. The van der Waals surface area contributed by atoms with Crippen LogP contribution in [0.3, 0.4) is 0 Å². The summed E-state index contributed by atoms with van der Waals surface area (Å²) in [5.74, 6) is 1.92. The number of nitrogens with one attached hydrogen (secondary N) is 1. The molecule has 3 heterocycles. The molecule has 58 heavy (non-hydrogen) atoms. The predicted molar refractivity (Wildman–Crippen MR) is 219 cm³/mol. The Kier molecular flexibility index (Phi) is 13.0. The number of fused-ring (bicyclic) bond motifs is 1. The lowest BCUT2D eigenvalue weighted by molar-refractivity contribution is -0.118. The van der Waals surface area contributed by atoms with E-state index in [1.54, 1.807) is 20.3 Å². The quantitative estimate of drug-likeness (QED) is 0.0539. The second-order valence-electron chi connectivity index (χ2n) is 14.6. The number of carbonyl (C=O) groups excluding carboxylic acids is 1. The van der Waals surface area contributed by atoms with Crippen molar-refractivity contribution in [2.75, 3.05) is 38.5 Å². The van der Waals surface area contributed by atoms with Gasteiger partial charge in [-0.15, -0.1) is 0 Å². The van der Waals surface area contributed by atoms with E-state index in [4.69, 9.17) is 23.3 Å². The van der Waals surface area contributed by atoms with Crippen molar-refractivity contribution in [2.45, 2.75) is 63.1 Å². The van der Waals surface area contributed by atoms with Crippen molar-refractivity contribution in [1.29, 1.82) is 5.26 Å². The van der Waals surface area contributed by atoms with E-state index in [0.29, 0.717) is 29.3 Å². The van der Waals surface area contributed by atoms with Gasteiger partial charge in [0.15, 0.2) is 16.6 Å². The first-order valence-corrected chi connectivity index (χ1v) is 20.9. The zero-order valence-electron chi connectivity index (χ0n) is 33.1. The maximum atomic E-state index is 16.9. The summed E-state index contributed by atoms with van der Waals surface area (Å²) in [4.78, 5) is 17.0. The third-order valence-electron chi connectivity index (χ3n) is 10.8. The topological polar surface area (TPSA) is 167 Å². The van der Waals surface area contributed by atoms with Crippen LogP contribution >= 0.6 is 20.0 Å². The Morgan fingerprint density at radius 2 is 1.60 bits per heavy atom. The zero-order valence-corrected chi connectivity index (χ0v) is 34.9. The second kappa shape index (κ2) is 17.6. The van der Waals surface area contributed by atoms with Crippen molar-refractivity contribution in [1.82, 2.24) is 14.6 Å². The van der Waals surface area contributed by atoms with E-state index in [-0.39, 0.29) is 23.2 Å². The first kappa shape index (κ1) is 42.8. The third-order valence-corrected chi connectivity index (χ3v) is 12.8. The zero-order chi connectivity index (χ0) is 41.7. The molecule has 2 aromatic heterocycles. The minimum absolute atomic E-state index is 0.00665. The van der Waals surface area contributed by atoms with Crippen molar-refractivity contribution in [3.05, 3.63) is 120 Å². The van der Waals surface area contributed by atoms with Gasteiger partial charge in [0.1, 0.15) is 47.2 Å². The lowest BCUT2D eigenvalue weighted by atomic mass is 9.77. The van der Waals surface area contributed by atoms with Crippen LogP contribution in [0.5, 0.6) is 11.5 Å². The Bertz CT molecular complexity index is 2220. The molecule has 1 saturated heterocycles. The molecule has 0 radical (unpaired) electrons. The maximum Gasteiger partial charge on any atom is 0.319 e. The monoisotopic (exact) mass is 831 g/mol. The molecule has 0 spiro atoms. The summed E-state index contributed by atoms with van der Waals surface area (Å²) in [5.41, 5.74) is -3.77. The second-order valence-corrected chi connectivity index (χ2v) is 16.7. The standard InChI is InChI=1S/C42H47FN5O8PS/c1-7-39(2,3)38(50)58-24-23-54-57(51)55-25-34-36(49)40(4,43)41(26-44,56-34)35-22-21-33-37(45-27-46-48(33)35)47-42(28-11-9-8-10-12-28,29-13-17-31(52-5)18-14-29)30-15-19-32(53-6)20-16-30/h8-22,27,34,36,49,57H,7,23-25H2,1-6H3,(H,45,46,47)/t34-,36-,40-,41+/m1/s1. The molecule has 5 atom stereocenters. The number of ether oxygens (including phenoxy) is 3. The number of aromatic nitrogens is 3. The van der Waals surface area contributed by atoms with E-state index < -0.39 is 49.3 Å². The van der Waals surface area contributed by atoms with E-state index in [1.165, 1.54) is 16.9 Å². The van der Waals surface area contributed by atoms with E-state index in [1.807, 2.05) is 106 Å². The van der Waals surface area contributed by atoms with E-state index in [2.05, 4.69) is 15.4 Å². The molecule has 5 aromatic rings. The number of nitrogens with zero attached hydrogens (tertiary/aromatic N) is 4. The van der Waals surface area contributed by atoms with Crippen LogP contribution in [0.2, 0.25) is 0 Å². The fourth-order valence-electron chi connectivity index (χ4n) is 6.94. The van der Waals surface area contributed by atoms with Crippen LogP contribution in [0, 0.1) is 16.7 Å². The Labute approximate surface area is 341 Å². The van der Waals surface area contributed by atoms with E-state index in [9.17, 15) is 19.7 Å². The van der Waals surface area contributed by atoms with Gasteiger partial charge in [0.25, 0.3) is 0 Å². The van der Waals surface area contributed by atoms with Gasteiger partial charge in [-0.1, -0.05) is 87.1 Å². The van der Waals surface area contributed by atoms with Gasteiger partial charge in [0.05, 0.1) is 33.1 Å². The lowest BCUT2D eigenvalue weighted by Gasteiger charge is -2.37. The van der Waals surface area contributed by atoms with Crippen LogP contribution in [0.4, 0.5) is 10.2 Å². The van der Waals surface area contributed by atoms with Crippen LogP contribution in [0.1, 0.15) is 56.5 Å². The average Bonchev–Trinajstić information content (AvgIpc) is 3.77. The molecule has 0 aliphatic carbocycles. The van der Waals surface area contributed by atoms with Crippen molar-refractivity contribution < 1.29 is 42.1 Å².